The smallest absolute Gasteiger partial charge is 0.254 e. The van der Waals surface area contributed by atoms with Crippen LogP contribution >= 0.6 is 0 Å². The van der Waals surface area contributed by atoms with Gasteiger partial charge in [-0.3, -0.25) is 9.78 Å². The highest BCUT2D eigenvalue weighted by Gasteiger charge is 2.34. The van der Waals surface area contributed by atoms with E-state index in [0.717, 1.165) is 33.5 Å². The third-order valence-corrected chi connectivity index (χ3v) is 7.32. The number of fused-ring (bicyclic) bond motifs is 1. The van der Waals surface area contributed by atoms with Gasteiger partial charge in [-0.15, -0.1) is 0 Å². The molecule has 0 atom stereocenters. The molecule has 0 saturated carbocycles. The van der Waals surface area contributed by atoms with Crippen LogP contribution in [-0.2, 0) is 10.0 Å². The molecule has 4 rings (SSSR count). The molecular weight excluding hydrogens is 424 g/mol. The summed E-state index contributed by atoms with van der Waals surface area (Å²) < 4.78 is 54.6. The molecule has 1 fully saturated rings. The maximum absolute atomic E-state index is 14.0. The molecule has 1 aliphatic heterocycles. The van der Waals surface area contributed by atoms with Crippen molar-refractivity contribution in [3.8, 4) is 0 Å². The second-order valence-corrected chi connectivity index (χ2v) is 9.45. The lowest BCUT2D eigenvalue weighted by atomic mass is 10.0. The molecule has 1 aromatic heterocycles. The van der Waals surface area contributed by atoms with Gasteiger partial charge < -0.3 is 4.90 Å². The zero-order valence-corrected chi connectivity index (χ0v) is 17.9. The fourth-order valence-electron chi connectivity index (χ4n) is 3.81. The monoisotopic (exact) mass is 445 g/mol. The molecule has 0 bridgehead atoms. The summed E-state index contributed by atoms with van der Waals surface area (Å²) >= 11 is 0. The number of piperazine rings is 1. The van der Waals surface area contributed by atoms with Gasteiger partial charge in [0.05, 0.1) is 11.1 Å². The molecule has 0 aliphatic carbocycles. The van der Waals surface area contributed by atoms with Crippen molar-refractivity contribution < 1.29 is 22.0 Å². The maximum Gasteiger partial charge on any atom is 0.254 e. The number of carbonyl (C=O) groups excluding carboxylic acids is 1. The maximum atomic E-state index is 14.0. The molecule has 2 aromatic carbocycles. The number of pyridine rings is 1. The van der Waals surface area contributed by atoms with Crippen molar-refractivity contribution in [2.24, 2.45) is 0 Å². The van der Waals surface area contributed by atoms with Gasteiger partial charge in [-0.2, -0.15) is 4.31 Å². The van der Waals surface area contributed by atoms with Crippen LogP contribution in [-0.4, -0.2) is 54.7 Å². The average Bonchev–Trinajstić information content (AvgIpc) is 2.73. The predicted molar refractivity (Wildman–Crippen MR) is 112 cm³/mol. The van der Waals surface area contributed by atoms with E-state index < -0.39 is 26.6 Å². The van der Waals surface area contributed by atoms with E-state index >= 15 is 0 Å². The first-order valence-corrected chi connectivity index (χ1v) is 11.2. The molecular formula is C22H21F2N3O3S. The summed E-state index contributed by atoms with van der Waals surface area (Å²) in [4.78, 5) is 18.3. The zero-order chi connectivity index (χ0) is 22.3. The number of hydrogen-bond acceptors (Lipinski definition) is 4. The van der Waals surface area contributed by atoms with Crippen molar-refractivity contribution in [1.29, 1.82) is 0 Å². The number of aromatic nitrogens is 1. The van der Waals surface area contributed by atoms with Crippen LogP contribution in [0.2, 0.25) is 0 Å². The van der Waals surface area contributed by atoms with E-state index in [2.05, 4.69) is 4.98 Å². The second kappa shape index (κ2) is 7.97. The van der Waals surface area contributed by atoms with E-state index in [0.29, 0.717) is 16.8 Å². The Morgan fingerprint density at radius 1 is 0.968 bits per heavy atom. The Kier molecular flexibility index (Phi) is 5.49. The van der Waals surface area contributed by atoms with Crippen LogP contribution in [0.1, 0.15) is 21.6 Å². The van der Waals surface area contributed by atoms with Crippen molar-refractivity contribution in [3.63, 3.8) is 0 Å². The van der Waals surface area contributed by atoms with Crippen molar-refractivity contribution in [2.45, 2.75) is 18.7 Å². The first-order valence-electron chi connectivity index (χ1n) is 9.80. The highest BCUT2D eigenvalue weighted by Crippen LogP contribution is 2.25. The van der Waals surface area contributed by atoms with Crippen LogP contribution in [0.5, 0.6) is 0 Å². The largest absolute Gasteiger partial charge is 0.336 e. The lowest BCUT2D eigenvalue weighted by Crippen LogP contribution is -2.50. The van der Waals surface area contributed by atoms with E-state index in [1.54, 1.807) is 11.0 Å². The molecule has 0 spiro atoms. The van der Waals surface area contributed by atoms with Crippen LogP contribution in [0.3, 0.4) is 0 Å². The van der Waals surface area contributed by atoms with Crippen LogP contribution in [0.4, 0.5) is 8.78 Å². The molecule has 1 amide bonds. The number of aryl methyl sites for hydroxylation is 2. The van der Waals surface area contributed by atoms with Crippen molar-refractivity contribution in [3.05, 3.63) is 70.9 Å². The van der Waals surface area contributed by atoms with Gasteiger partial charge in [-0.25, -0.2) is 17.2 Å². The highest BCUT2D eigenvalue weighted by atomic mass is 32.2. The number of sulfonamides is 1. The molecule has 1 aliphatic rings. The quantitative estimate of drug-likeness (QED) is 0.621. The number of amides is 1. The highest BCUT2D eigenvalue weighted by molar-refractivity contribution is 7.89. The Labute approximate surface area is 179 Å². The van der Waals surface area contributed by atoms with Crippen LogP contribution in [0.15, 0.2) is 47.4 Å². The second-order valence-electron chi connectivity index (χ2n) is 7.58. The lowest BCUT2D eigenvalue weighted by Gasteiger charge is -2.34. The third-order valence-electron chi connectivity index (χ3n) is 5.37. The Bertz CT molecular complexity index is 1270. The van der Waals surface area contributed by atoms with Gasteiger partial charge in [0.15, 0.2) is 4.90 Å². The van der Waals surface area contributed by atoms with Crippen molar-refractivity contribution in [1.82, 2.24) is 14.2 Å². The fraction of sp³-hybridized carbons (Fsp3) is 0.273. The first-order chi connectivity index (χ1) is 14.7. The average molecular weight is 445 g/mol. The SMILES string of the molecule is Cc1ccc2nc(C)cc(C(=O)N3CCN(S(=O)(=O)c4c(F)cccc4F)CC3)c2c1. The molecule has 9 heteroatoms. The summed E-state index contributed by atoms with van der Waals surface area (Å²) in [5, 5.41) is 0.735. The molecule has 0 unspecified atom stereocenters. The van der Waals surface area contributed by atoms with E-state index in [1.807, 2.05) is 32.0 Å². The number of nitrogens with zero attached hydrogens (tertiary/aromatic N) is 3. The minimum atomic E-state index is -4.35. The molecule has 2 heterocycles. The Morgan fingerprint density at radius 2 is 1.61 bits per heavy atom. The Morgan fingerprint density at radius 3 is 2.26 bits per heavy atom. The molecule has 162 valence electrons. The van der Waals surface area contributed by atoms with Gasteiger partial charge in [0.1, 0.15) is 11.6 Å². The third kappa shape index (κ3) is 3.90. The molecule has 0 radical (unpaired) electrons. The minimum absolute atomic E-state index is 0.0527. The summed E-state index contributed by atoms with van der Waals surface area (Å²) in [6.07, 6.45) is 0. The summed E-state index contributed by atoms with van der Waals surface area (Å²) in [6.45, 7) is 3.86. The van der Waals surface area contributed by atoms with Crippen LogP contribution < -0.4 is 0 Å². The van der Waals surface area contributed by atoms with E-state index in [1.165, 1.54) is 0 Å². The summed E-state index contributed by atoms with van der Waals surface area (Å²) in [7, 11) is -4.35. The van der Waals surface area contributed by atoms with Crippen molar-refractivity contribution in [2.75, 3.05) is 26.2 Å². The van der Waals surface area contributed by atoms with Gasteiger partial charge >= 0.3 is 0 Å². The molecule has 6 nitrogen and oxygen atoms in total. The zero-order valence-electron chi connectivity index (χ0n) is 17.1. The van der Waals surface area contributed by atoms with Crippen molar-refractivity contribution >= 4 is 26.8 Å². The summed E-state index contributed by atoms with van der Waals surface area (Å²) in [5.41, 5.74) is 2.92. The topological polar surface area (TPSA) is 70.6 Å². The molecule has 31 heavy (non-hydrogen) atoms. The number of benzene rings is 2. The first kappa shape index (κ1) is 21.3. The standard InChI is InChI=1S/C22H21F2N3O3S/c1-14-6-7-20-16(12-14)17(13-15(2)25-20)22(28)26-8-10-27(11-9-26)31(29,30)21-18(23)4-3-5-19(21)24/h3-7,12-13H,8-11H2,1-2H3. The summed E-state index contributed by atoms with van der Waals surface area (Å²) in [5.74, 6) is -2.49. The van der Waals surface area contributed by atoms with Gasteiger partial charge in [-0.05, 0) is 44.2 Å². The molecule has 0 N–H and O–H groups in total. The van der Waals surface area contributed by atoms with Crippen LogP contribution in [0, 0.1) is 25.5 Å². The normalized spacial score (nSPS) is 15.4. The van der Waals surface area contributed by atoms with Gasteiger partial charge in [0.2, 0.25) is 10.0 Å². The number of halogens is 2. The molecule has 3 aromatic rings. The minimum Gasteiger partial charge on any atom is -0.336 e. The fourth-order valence-corrected chi connectivity index (χ4v) is 5.34. The van der Waals surface area contributed by atoms with Gasteiger partial charge in [0, 0.05) is 37.3 Å². The number of rotatable bonds is 3. The number of carbonyl (C=O) groups is 1. The Hall–Kier alpha value is -2.91. The summed E-state index contributed by atoms with van der Waals surface area (Å²) in [6, 6.07) is 10.3. The van der Waals surface area contributed by atoms with E-state index in [4.69, 9.17) is 0 Å². The predicted octanol–water partition coefficient (Wildman–Crippen LogP) is 3.28. The number of hydrogen-bond donors (Lipinski definition) is 0. The Balaban J connectivity index is 1.58. The molecule has 1 saturated heterocycles. The van der Waals surface area contributed by atoms with Gasteiger partial charge in [-0.1, -0.05) is 17.7 Å². The van der Waals surface area contributed by atoms with E-state index in [9.17, 15) is 22.0 Å². The van der Waals surface area contributed by atoms with Gasteiger partial charge in [0.25, 0.3) is 5.91 Å². The van der Waals surface area contributed by atoms with Crippen LogP contribution in [0.25, 0.3) is 10.9 Å². The lowest BCUT2D eigenvalue weighted by molar-refractivity contribution is 0.0699. The van der Waals surface area contributed by atoms with E-state index in [-0.39, 0.29) is 32.1 Å².